The van der Waals surface area contributed by atoms with Crippen LogP contribution in [-0.2, 0) is 24.7 Å². The molecule has 1 heterocycles. The van der Waals surface area contributed by atoms with E-state index in [9.17, 15) is 21.6 Å². The van der Waals surface area contributed by atoms with Crippen LogP contribution in [0, 0.1) is 12.8 Å². The minimum absolute atomic E-state index is 0.0317. The highest BCUT2D eigenvalue weighted by Crippen LogP contribution is 2.18. The lowest BCUT2D eigenvalue weighted by molar-refractivity contribution is -0.130. The molecule has 9 heteroatoms. The van der Waals surface area contributed by atoms with Crippen molar-refractivity contribution in [2.45, 2.75) is 50.8 Å². The summed E-state index contributed by atoms with van der Waals surface area (Å²) in [5.74, 6) is -0.832. The van der Waals surface area contributed by atoms with Crippen LogP contribution in [0.25, 0.3) is 0 Å². The van der Waals surface area contributed by atoms with Crippen LogP contribution in [0.1, 0.15) is 44.6 Å². The summed E-state index contributed by atoms with van der Waals surface area (Å²) >= 11 is 0. The molecule has 1 aliphatic rings. The second-order valence-electron chi connectivity index (χ2n) is 7.81. The predicted octanol–water partition coefficient (Wildman–Crippen LogP) is 2.12. The zero-order valence-electron chi connectivity index (χ0n) is 17.3. The number of hydrogen-bond acceptors (Lipinski definition) is 5. The van der Waals surface area contributed by atoms with Crippen molar-refractivity contribution in [1.82, 2.24) is 9.62 Å². The average Bonchev–Trinajstić information content (AvgIpc) is 2.67. The number of nitrogens with one attached hydrogen (secondary N) is 1. The predicted molar refractivity (Wildman–Crippen MR) is 114 cm³/mol. The van der Waals surface area contributed by atoms with Crippen molar-refractivity contribution >= 4 is 25.8 Å². The van der Waals surface area contributed by atoms with Crippen molar-refractivity contribution in [2.24, 2.45) is 5.92 Å². The Hall–Kier alpha value is -1.45. The Labute approximate surface area is 174 Å². The third-order valence-corrected chi connectivity index (χ3v) is 8.20. The van der Waals surface area contributed by atoms with Gasteiger partial charge in [-0.1, -0.05) is 37.5 Å². The third-order valence-electron chi connectivity index (χ3n) is 5.17. The molecule has 0 bridgehead atoms. The number of unbranched alkanes of at least 4 members (excludes halogenated alkanes) is 2. The molecule has 1 aromatic carbocycles. The van der Waals surface area contributed by atoms with Gasteiger partial charge in [0.15, 0.2) is 9.84 Å². The van der Waals surface area contributed by atoms with E-state index in [4.69, 9.17) is 0 Å². The number of sulfonamides is 1. The summed E-state index contributed by atoms with van der Waals surface area (Å²) in [4.78, 5) is 14.2. The van der Waals surface area contributed by atoms with E-state index in [-0.39, 0.29) is 29.0 Å². The highest BCUT2D eigenvalue weighted by atomic mass is 32.2. The van der Waals surface area contributed by atoms with E-state index in [1.165, 1.54) is 0 Å². The van der Waals surface area contributed by atoms with Crippen molar-refractivity contribution in [3.63, 3.8) is 0 Å². The van der Waals surface area contributed by atoms with Crippen LogP contribution in [0.4, 0.5) is 0 Å². The summed E-state index contributed by atoms with van der Waals surface area (Å²) in [6, 6.07) is 6.63. The summed E-state index contributed by atoms with van der Waals surface area (Å²) in [5.41, 5.74) is 0.982. The normalized spacial score (nSPS) is 18.0. The van der Waals surface area contributed by atoms with Crippen molar-refractivity contribution in [2.75, 3.05) is 31.1 Å². The Morgan fingerprint density at radius 3 is 2.48 bits per heavy atom. The van der Waals surface area contributed by atoms with Crippen LogP contribution in [0.2, 0.25) is 0 Å². The maximum Gasteiger partial charge on any atom is 0.240 e. The van der Waals surface area contributed by atoms with Gasteiger partial charge in [0.1, 0.15) is 5.75 Å². The Bertz CT molecular complexity index is 880. The number of carbonyl (C=O) groups excluding carboxylic acids is 1. The van der Waals surface area contributed by atoms with Gasteiger partial charge in [-0.05, 0) is 44.2 Å². The number of hydrogen-bond donors (Lipinski definition) is 1. The minimum atomic E-state index is -3.61. The number of rotatable bonds is 10. The van der Waals surface area contributed by atoms with Crippen LogP contribution in [0.3, 0.4) is 0 Å². The van der Waals surface area contributed by atoms with Gasteiger partial charge in [0.25, 0.3) is 0 Å². The Morgan fingerprint density at radius 2 is 1.83 bits per heavy atom. The lowest BCUT2D eigenvalue weighted by Crippen LogP contribution is -2.45. The van der Waals surface area contributed by atoms with E-state index in [0.29, 0.717) is 19.5 Å². The van der Waals surface area contributed by atoms with Gasteiger partial charge in [-0.2, -0.15) is 0 Å². The molecule has 0 aliphatic carbocycles. The summed E-state index contributed by atoms with van der Waals surface area (Å²) in [5, 5.41) is 0. The van der Waals surface area contributed by atoms with Crippen LogP contribution < -0.4 is 4.72 Å². The molecule has 1 atom stereocenters. The van der Waals surface area contributed by atoms with Crippen molar-refractivity contribution < 1.29 is 21.6 Å². The van der Waals surface area contributed by atoms with Crippen LogP contribution in [0.15, 0.2) is 29.2 Å². The Balaban J connectivity index is 1.88. The molecule has 164 valence electrons. The van der Waals surface area contributed by atoms with Crippen LogP contribution >= 0.6 is 0 Å². The molecule has 0 radical (unpaired) electrons. The number of sulfone groups is 1. The van der Waals surface area contributed by atoms with Gasteiger partial charge >= 0.3 is 0 Å². The number of likely N-dealkylation sites (tertiary alicyclic amines) is 1. The molecular formula is C20H32N2O5S2. The lowest BCUT2D eigenvalue weighted by Gasteiger charge is -2.32. The van der Waals surface area contributed by atoms with E-state index >= 15 is 0 Å². The first kappa shape index (κ1) is 23.8. The molecule has 0 aromatic heterocycles. The van der Waals surface area contributed by atoms with Gasteiger partial charge in [0, 0.05) is 19.6 Å². The Kier molecular flexibility index (Phi) is 8.66. The SMILES string of the molecule is CCCCCS(=O)(=O)CC(=O)N1CCCC(CNS(=O)(=O)c2ccc(C)cc2)C1. The summed E-state index contributed by atoms with van der Waals surface area (Å²) < 4.78 is 51.8. The van der Waals surface area contributed by atoms with Crippen molar-refractivity contribution in [3.05, 3.63) is 29.8 Å². The smallest absolute Gasteiger partial charge is 0.240 e. The molecular weight excluding hydrogens is 412 g/mol. The number of nitrogens with zero attached hydrogens (tertiary/aromatic N) is 1. The van der Waals surface area contributed by atoms with Crippen LogP contribution in [0.5, 0.6) is 0 Å². The molecule has 1 N–H and O–H groups in total. The van der Waals surface area contributed by atoms with Crippen molar-refractivity contribution in [3.8, 4) is 0 Å². The molecule has 2 rings (SSSR count). The van der Waals surface area contributed by atoms with E-state index in [1.807, 2.05) is 13.8 Å². The van der Waals surface area contributed by atoms with Gasteiger partial charge in [-0.3, -0.25) is 4.79 Å². The Morgan fingerprint density at radius 1 is 1.14 bits per heavy atom. The molecule has 29 heavy (non-hydrogen) atoms. The first-order chi connectivity index (χ1) is 13.6. The minimum Gasteiger partial charge on any atom is -0.341 e. The maximum atomic E-state index is 12.5. The van der Waals surface area contributed by atoms with Crippen molar-refractivity contribution in [1.29, 1.82) is 0 Å². The van der Waals surface area contributed by atoms with Crippen LogP contribution in [-0.4, -0.2) is 58.8 Å². The number of carbonyl (C=O) groups is 1. The zero-order chi connectivity index (χ0) is 21.5. The van der Waals surface area contributed by atoms with Gasteiger partial charge in [-0.25, -0.2) is 21.6 Å². The molecule has 1 aliphatic heterocycles. The second-order valence-corrected chi connectivity index (χ2v) is 11.8. The topological polar surface area (TPSA) is 101 Å². The van der Waals surface area contributed by atoms with Gasteiger partial charge < -0.3 is 4.90 Å². The molecule has 1 aromatic rings. The average molecular weight is 445 g/mol. The number of amides is 1. The van der Waals surface area contributed by atoms with E-state index < -0.39 is 25.6 Å². The monoisotopic (exact) mass is 444 g/mol. The molecule has 1 amide bonds. The molecule has 1 unspecified atom stereocenters. The summed E-state index contributed by atoms with van der Waals surface area (Å²) in [6.45, 7) is 5.01. The molecule has 1 fully saturated rings. The quantitative estimate of drug-likeness (QED) is 0.557. The summed E-state index contributed by atoms with van der Waals surface area (Å²) in [7, 11) is -7.00. The number of aryl methyl sites for hydroxylation is 1. The first-order valence-corrected chi connectivity index (χ1v) is 13.5. The van der Waals surface area contributed by atoms with E-state index in [0.717, 1.165) is 31.2 Å². The lowest BCUT2D eigenvalue weighted by atomic mass is 9.98. The highest BCUT2D eigenvalue weighted by molar-refractivity contribution is 7.92. The highest BCUT2D eigenvalue weighted by Gasteiger charge is 2.27. The second kappa shape index (κ2) is 10.5. The fraction of sp³-hybridized carbons (Fsp3) is 0.650. The van der Waals surface area contributed by atoms with E-state index in [2.05, 4.69) is 4.72 Å². The molecule has 0 spiro atoms. The fourth-order valence-corrected chi connectivity index (χ4v) is 5.87. The number of piperidine rings is 1. The van der Waals surface area contributed by atoms with Gasteiger partial charge in [-0.15, -0.1) is 0 Å². The largest absolute Gasteiger partial charge is 0.341 e. The van der Waals surface area contributed by atoms with E-state index in [1.54, 1.807) is 29.2 Å². The fourth-order valence-electron chi connectivity index (χ4n) is 3.41. The van der Waals surface area contributed by atoms with Gasteiger partial charge in [0.05, 0.1) is 10.6 Å². The molecule has 7 nitrogen and oxygen atoms in total. The first-order valence-electron chi connectivity index (χ1n) is 10.2. The standard InChI is InChI=1S/C20H32N2O5S2/c1-3-4-5-13-28(24,25)16-20(23)22-12-6-7-18(15-22)14-21-29(26,27)19-10-8-17(2)9-11-19/h8-11,18,21H,3-7,12-16H2,1-2H3. The van der Waals surface area contributed by atoms with Gasteiger partial charge in [0.2, 0.25) is 15.9 Å². The zero-order valence-corrected chi connectivity index (χ0v) is 18.9. The molecule has 0 saturated carbocycles. The maximum absolute atomic E-state index is 12.5. The molecule has 1 saturated heterocycles. The number of benzene rings is 1. The third kappa shape index (κ3) is 7.71. The summed E-state index contributed by atoms with van der Waals surface area (Å²) in [6.07, 6.45) is 3.87.